The minimum absolute atomic E-state index is 0.0306. The summed E-state index contributed by atoms with van der Waals surface area (Å²) >= 11 is 0. The number of nitro benzene ring substituents is 1. The maximum Gasteiger partial charge on any atom is 0.330 e. The fourth-order valence-electron chi connectivity index (χ4n) is 2.01. The Hall–Kier alpha value is -3.35. The van der Waals surface area contributed by atoms with Crippen molar-refractivity contribution < 1.29 is 23.9 Å². The molecule has 0 aliphatic rings. The maximum absolute atomic E-state index is 11.1. The van der Waals surface area contributed by atoms with Gasteiger partial charge in [0.2, 0.25) is 0 Å². The van der Waals surface area contributed by atoms with Crippen molar-refractivity contribution in [3.8, 4) is 11.5 Å². The fourth-order valence-corrected chi connectivity index (χ4v) is 2.01. The van der Waals surface area contributed by atoms with Crippen molar-refractivity contribution in [3.05, 3.63) is 69.8 Å². The highest BCUT2D eigenvalue weighted by molar-refractivity contribution is 5.87. The van der Waals surface area contributed by atoms with Crippen LogP contribution >= 0.6 is 0 Å². The molecule has 130 valence electrons. The molecule has 0 aromatic heterocycles. The topological polar surface area (TPSA) is 87.9 Å². The lowest BCUT2D eigenvalue weighted by Gasteiger charge is -2.11. The van der Waals surface area contributed by atoms with Gasteiger partial charge in [-0.25, -0.2) is 4.79 Å². The molecule has 0 bridgehead atoms. The van der Waals surface area contributed by atoms with Gasteiger partial charge in [-0.2, -0.15) is 0 Å². The molecule has 2 aromatic rings. The van der Waals surface area contributed by atoms with E-state index >= 15 is 0 Å². The molecule has 0 amide bonds. The molecule has 0 saturated heterocycles. The zero-order chi connectivity index (χ0) is 18.2. The number of methoxy groups -OCH3 is 2. The Labute approximate surface area is 144 Å². The zero-order valence-electron chi connectivity index (χ0n) is 13.8. The van der Waals surface area contributed by atoms with E-state index in [1.807, 2.05) is 0 Å². The predicted molar refractivity (Wildman–Crippen MR) is 91.5 cm³/mol. The maximum atomic E-state index is 11.1. The first-order valence-electron chi connectivity index (χ1n) is 7.33. The first kappa shape index (κ1) is 18.0. The number of carbonyl (C=O) groups excluding carboxylic acids is 1. The molecule has 0 spiro atoms. The highest BCUT2D eigenvalue weighted by Crippen LogP contribution is 2.29. The monoisotopic (exact) mass is 343 g/mol. The molecule has 0 N–H and O–H groups in total. The summed E-state index contributed by atoms with van der Waals surface area (Å²) in [5, 5.41) is 10.6. The van der Waals surface area contributed by atoms with Crippen molar-refractivity contribution in [2.75, 3.05) is 14.2 Å². The largest absolute Gasteiger partial charge is 0.493 e. The molecule has 0 saturated carbocycles. The SMILES string of the molecule is COC(=O)/C=C/c1ccc(OCc2ccc([N+](=O)[O-])cc2)c(OC)c1. The van der Waals surface area contributed by atoms with E-state index in [4.69, 9.17) is 9.47 Å². The molecule has 0 radical (unpaired) electrons. The van der Waals surface area contributed by atoms with Gasteiger partial charge in [-0.1, -0.05) is 6.07 Å². The normalized spacial score (nSPS) is 10.5. The van der Waals surface area contributed by atoms with Crippen LogP contribution in [0.25, 0.3) is 6.08 Å². The number of esters is 1. The Morgan fingerprint density at radius 3 is 2.44 bits per heavy atom. The number of hydrogen-bond acceptors (Lipinski definition) is 6. The minimum atomic E-state index is -0.450. The van der Waals surface area contributed by atoms with Gasteiger partial charge in [0, 0.05) is 18.2 Å². The van der Waals surface area contributed by atoms with Crippen molar-refractivity contribution in [3.63, 3.8) is 0 Å². The standard InChI is InChI=1S/C18H17NO6/c1-23-17-11-13(6-10-18(20)24-2)5-9-16(17)25-12-14-3-7-15(8-4-14)19(21)22/h3-11H,12H2,1-2H3/b10-6+. The third kappa shape index (κ3) is 5.07. The van der Waals surface area contributed by atoms with Crippen molar-refractivity contribution in [2.45, 2.75) is 6.61 Å². The first-order valence-corrected chi connectivity index (χ1v) is 7.33. The van der Waals surface area contributed by atoms with Gasteiger partial charge < -0.3 is 14.2 Å². The van der Waals surface area contributed by atoms with Crippen LogP contribution in [0.1, 0.15) is 11.1 Å². The van der Waals surface area contributed by atoms with E-state index in [0.29, 0.717) is 11.5 Å². The third-order valence-corrected chi connectivity index (χ3v) is 3.34. The van der Waals surface area contributed by atoms with Crippen molar-refractivity contribution in [1.29, 1.82) is 0 Å². The molecule has 0 unspecified atom stereocenters. The van der Waals surface area contributed by atoms with E-state index in [-0.39, 0.29) is 12.3 Å². The highest BCUT2D eigenvalue weighted by Gasteiger charge is 2.07. The van der Waals surface area contributed by atoms with E-state index in [2.05, 4.69) is 4.74 Å². The Kier molecular flexibility index (Phi) is 6.11. The molecule has 2 aromatic carbocycles. The van der Waals surface area contributed by atoms with Gasteiger partial charge in [-0.05, 0) is 41.5 Å². The van der Waals surface area contributed by atoms with Gasteiger partial charge in [0.1, 0.15) is 6.61 Å². The second-order valence-corrected chi connectivity index (χ2v) is 4.98. The molecule has 0 fully saturated rings. The van der Waals surface area contributed by atoms with Crippen LogP contribution in [0.3, 0.4) is 0 Å². The lowest BCUT2D eigenvalue weighted by molar-refractivity contribution is -0.384. The van der Waals surface area contributed by atoms with Crippen LogP contribution < -0.4 is 9.47 Å². The third-order valence-electron chi connectivity index (χ3n) is 3.34. The summed E-state index contributed by atoms with van der Waals surface area (Å²) in [4.78, 5) is 21.3. The second-order valence-electron chi connectivity index (χ2n) is 4.98. The molecule has 0 heterocycles. The number of benzene rings is 2. The van der Waals surface area contributed by atoms with E-state index in [1.54, 1.807) is 36.4 Å². The Morgan fingerprint density at radius 1 is 1.12 bits per heavy atom. The smallest absolute Gasteiger partial charge is 0.330 e. The van der Waals surface area contributed by atoms with E-state index < -0.39 is 10.9 Å². The number of rotatable bonds is 7. The predicted octanol–water partition coefficient (Wildman–Crippen LogP) is 3.37. The number of carbonyl (C=O) groups is 1. The van der Waals surface area contributed by atoms with E-state index in [9.17, 15) is 14.9 Å². The average Bonchev–Trinajstić information content (AvgIpc) is 2.64. The van der Waals surface area contributed by atoms with Crippen molar-refractivity contribution >= 4 is 17.7 Å². The summed E-state index contributed by atoms with van der Waals surface area (Å²) in [6.45, 7) is 0.242. The number of nitro groups is 1. The Balaban J connectivity index is 2.07. The summed E-state index contributed by atoms with van der Waals surface area (Å²) in [6.07, 6.45) is 2.92. The van der Waals surface area contributed by atoms with Crippen LogP contribution in [-0.2, 0) is 16.1 Å². The minimum Gasteiger partial charge on any atom is -0.493 e. The molecule has 0 aliphatic carbocycles. The molecule has 2 rings (SSSR count). The van der Waals surface area contributed by atoms with E-state index in [1.165, 1.54) is 32.4 Å². The van der Waals surface area contributed by atoms with Gasteiger partial charge in [-0.3, -0.25) is 10.1 Å². The Bertz CT molecular complexity index is 783. The second kappa shape index (κ2) is 8.49. The van der Waals surface area contributed by atoms with Crippen LogP contribution in [0.15, 0.2) is 48.5 Å². The summed E-state index contributed by atoms with van der Waals surface area (Å²) < 4.78 is 15.5. The highest BCUT2D eigenvalue weighted by atomic mass is 16.6. The summed E-state index contributed by atoms with van der Waals surface area (Å²) in [6, 6.07) is 11.3. The number of non-ortho nitro benzene ring substituents is 1. The first-order chi connectivity index (χ1) is 12.0. The average molecular weight is 343 g/mol. The molecule has 7 heteroatoms. The van der Waals surface area contributed by atoms with Crippen molar-refractivity contribution in [2.24, 2.45) is 0 Å². The molecule has 25 heavy (non-hydrogen) atoms. The summed E-state index contributed by atoms with van der Waals surface area (Å²) in [5.74, 6) is 0.586. The van der Waals surface area contributed by atoms with Crippen LogP contribution in [0.5, 0.6) is 11.5 Å². The Morgan fingerprint density at radius 2 is 1.84 bits per heavy atom. The van der Waals surface area contributed by atoms with Crippen LogP contribution in [0.4, 0.5) is 5.69 Å². The number of nitrogens with zero attached hydrogens (tertiary/aromatic N) is 1. The van der Waals surface area contributed by atoms with Gasteiger partial charge in [0.05, 0.1) is 19.1 Å². The van der Waals surface area contributed by atoms with Gasteiger partial charge in [0.15, 0.2) is 11.5 Å². The summed E-state index contributed by atoms with van der Waals surface area (Å²) in [5.41, 5.74) is 1.58. The van der Waals surface area contributed by atoms with Crippen LogP contribution in [-0.4, -0.2) is 25.1 Å². The van der Waals surface area contributed by atoms with E-state index in [0.717, 1.165) is 11.1 Å². The zero-order valence-corrected chi connectivity index (χ0v) is 13.8. The molecular formula is C18H17NO6. The molecule has 7 nitrogen and oxygen atoms in total. The molecule has 0 atom stereocenters. The molecular weight excluding hydrogens is 326 g/mol. The lowest BCUT2D eigenvalue weighted by atomic mass is 10.2. The van der Waals surface area contributed by atoms with Crippen LogP contribution in [0, 0.1) is 10.1 Å². The summed E-state index contributed by atoms with van der Waals surface area (Å²) in [7, 11) is 2.82. The number of ether oxygens (including phenoxy) is 3. The number of hydrogen-bond donors (Lipinski definition) is 0. The lowest BCUT2D eigenvalue weighted by Crippen LogP contribution is -1.98. The fraction of sp³-hybridized carbons (Fsp3) is 0.167. The van der Waals surface area contributed by atoms with Crippen molar-refractivity contribution in [1.82, 2.24) is 0 Å². The van der Waals surface area contributed by atoms with Crippen LogP contribution in [0.2, 0.25) is 0 Å². The molecule has 0 aliphatic heterocycles. The van der Waals surface area contributed by atoms with Gasteiger partial charge in [-0.15, -0.1) is 0 Å². The van der Waals surface area contributed by atoms with Gasteiger partial charge >= 0.3 is 5.97 Å². The quantitative estimate of drug-likeness (QED) is 0.331. The van der Waals surface area contributed by atoms with Gasteiger partial charge in [0.25, 0.3) is 5.69 Å².